The van der Waals surface area contributed by atoms with Gasteiger partial charge in [0.15, 0.2) is 11.6 Å². The predicted molar refractivity (Wildman–Crippen MR) is 139 cm³/mol. The highest BCUT2D eigenvalue weighted by atomic mass is 19.3. The standard InChI is InChI=1S/C28H33F3N4O2/c1-34-9-7-19-16-35(17-20(19)15-34)26-12-24(33-25-13-27(36-2)23(29)11-22(25)26)18-3-5-21(6-4-18)37-10-8-32-14-28(30)31/h3-6,11-13,19-20,28,32H,7-10,14-17H2,1-2H3. The molecule has 0 radical (unpaired) electrons. The fraction of sp³-hybridized carbons (Fsp3) is 0.464. The molecule has 0 aliphatic carbocycles. The van der Waals surface area contributed by atoms with Crippen molar-refractivity contribution in [1.82, 2.24) is 15.2 Å². The Balaban J connectivity index is 1.41. The molecule has 1 N–H and O–H groups in total. The lowest BCUT2D eigenvalue weighted by molar-refractivity contribution is 0.144. The minimum absolute atomic E-state index is 0.170. The number of nitrogens with zero attached hydrogens (tertiary/aromatic N) is 3. The lowest BCUT2D eigenvalue weighted by Gasteiger charge is -2.31. The first-order valence-corrected chi connectivity index (χ1v) is 12.7. The summed E-state index contributed by atoms with van der Waals surface area (Å²) in [6.45, 7) is 4.38. The van der Waals surface area contributed by atoms with Crippen LogP contribution in [-0.2, 0) is 0 Å². The molecule has 2 aromatic carbocycles. The van der Waals surface area contributed by atoms with Crippen molar-refractivity contribution in [2.45, 2.75) is 12.8 Å². The third-order valence-electron chi connectivity index (χ3n) is 7.40. The highest BCUT2D eigenvalue weighted by Crippen LogP contribution is 2.39. The summed E-state index contributed by atoms with van der Waals surface area (Å²) in [5, 5.41) is 3.43. The van der Waals surface area contributed by atoms with Crippen LogP contribution in [0.3, 0.4) is 0 Å². The summed E-state index contributed by atoms with van der Waals surface area (Å²) in [7, 11) is 3.63. The number of hydrogen-bond acceptors (Lipinski definition) is 6. The second-order valence-corrected chi connectivity index (χ2v) is 9.97. The molecule has 1 aromatic heterocycles. The summed E-state index contributed by atoms with van der Waals surface area (Å²) < 4.78 is 50.1. The molecule has 0 amide bonds. The normalized spacial score (nSPS) is 20.0. The molecule has 37 heavy (non-hydrogen) atoms. The zero-order chi connectivity index (χ0) is 25.9. The van der Waals surface area contributed by atoms with Crippen LogP contribution in [0, 0.1) is 17.7 Å². The van der Waals surface area contributed by atoms with E-state index in [9.17, 15) is 13.2 Å². The van der Waals surface area contributed by atoms with Crippen molar-refractivity contribution in [2.75, 3.05) is 64.9 Å². The van der Waals surface area contributed by atoms with Crippen LogP contribution in [0.4, 0.5) is 18.9 Å². The van der Waals surface area contributed by atoms with Crippen LogP contribution in [0.5, 0.6) is 11.5 Å². The Kier molecular flexibility index (Phi) is 7.71. The summed E-state index contributed by atoms with van der Waals surface area (Å²) in [4.78, 5) is 9.64. The zero-order valence-corrected chi connectivity index (χ0v) is 21.2. The summed E-state index contributed by atoms with van der Waals surface area (Å²) in [6, 6.07) is 12.8. The molecule has 2 aliphatic rings. The second kappa shape index (κ2) is 11.1. The molecule has 0 bridgehead atoms. The van der Waals surface area contributed by atoms with Crippen molar-refractivity contribution in [1.29, 1.82) is 0 Å². The Morgan fingerprint density at radius 2 is 1.86 bits per heavy atom. The lowest BCUT2D eigenvalue weighted by atomic mass is 9.89. The SMILES string of the molecule is COc1cc2nc(-c3ccc(OCCNCC(F)F)cc3)cc(N3CC4CCN(C)CC4C3)c2cc1F. The maximum absolute atomic E-state index is 14.8. The first-order valence-electron chi connectivity index (χ1n) is 12.7. The number of anilines is 1. The molecule has 0 saturated carbocycles. The number of piperidine rings is 1. The molecule has 2 aliphatic heterocycles. The molecular formula is C28H33F3N4O2. The van der Waals surface area contributed by atoms with E-state index in [0.717, 1.165) is 48.5 Å². The van der Waals surface area contributed by atoms with Crippen molar-refractivity contribution in [2.24, 2.45) is 11.8 Å². The van der Waals surface area contributed by atoms with Gasteiger partial charge in [-0.2, -0.15) is 0 Å². The number of fused-ring (bicyclic) bond motifs is 2. The Morgan fingerprint density at radius 3 is 2.62 bits per heavy atom. The number of methoxy groups -OCH3 is 1. The van der Waals surface area contributed by atoms with Crippen molar-refractivity contribution < 1.29 is 22.6 Å². The maximum atomic E-state index is 14.8. The molecule has 9 heteroatoms. The number of ether oxygens (including phenoxy) is 2. The van der Waals surface area contributed by atoms with Gasteiger partial charge in [-0.1, -0.05) is 0 Å². The quantitative estimate of drug-likeness (QED) is 0.419. The van der Waals surface area contributed by atoms with Crippen molar-refractivity contribution in [3.05, 3.63) is 48.3 Å². The Bertz CT molecular complexity index is 1220. The topological polar surface area (TPSA) is 49.9 Å². The van der Waals surface area contributed by atoms with Gasteiger partial charge in [0.05, 0.1) is 24.9 Å². The lowest BCUT2D eigenvalue weighted by Crippen LogP contribution is -2.37. The van der Waals surface area contributed by atoms with Gasteiger partial charge in [0, 0.05) is 48.9 Å². The number of benzene rings is 2. The molecule has 0 spiro atoms. The van der Waals surface area contributed by atoms with E-state index in [1.807, 2.05) is 24.3 Å². The molecular weight excluding hydrogens is 481 g/mol. The van der Waals surface area contributed by atoms with E-state index in [-0.39, 0.29) is 12.3 Å². The van der Waals surface area contributed by atoms with E-state index in [0.29, 0.717) is 36.3 Å². The van der Waals surface area contributed by atoms with Gasteiger partial charge in [-0.15, -0.1) is 0 Å². The molecule has 6 nitrogen and oxygen atoms in total. The molecule has 2 unspecified atom stereocenters. The molecule has 3 heterocycles. The Hall–Kier alpha value is -3.04. The van der Waals surface area contributed by atoms with Crippen LogP contribution in [0.2, 0.25) is 0 Å². The van der Waals surface area contributed by atoms with Crippen LogP contribution < -0.4 is 19.7 Å². The second-order valence-electron chi connectivity index (χ2n) is 9.97. The summed E-state index contributed by atoms with van der Waals surface area (Å²) in [6.07, 6.45) is -1.20. The first-order chi connectivity index (χ1) is 17.9. The van der Waals surface area contributed by atoms with Crippen molar-refractivity contribution in [3.8, 4) is 22.8 Å². The fourth-order valence-electron chi connectivity index (χ4n) is 5.50. The van der Waals surface area contributed by atoms with Gasteiger partial charge in [0.1, 0.15) is 12.4 Å². The van der Waals surface area contributed by atoms with Gasteiger partial charge in [-0.3, -0.25) is 0 Å². The van der Waals surface area contributed by atoms with Gasteiger partial charge >= 0.3 is 0 Å². The molecule has 3 aromatic rings. The van der Waals surface area contributed by atoms with Gasteiger partial charge in [0.25, 0.3) is 6.43 Å². The summed E-state index contributed by atoms with van der Waals surface area (Å²) >= 11 is 0. The predicted octanol–water partition coefficient (Wildman–Crippen LogP) is 4.67. The van der Waals surface area contributed by atoms with E-state index in [1.165, 1.54) is 19.6 Å². The van der Waals surface area contributed by atoms with E-state index in [2.05, 4.69) is 28.2 Å². The number of alkyl halides is 2. The van der Waals surface area contributed by atoms with E-state index >= 15 is 0 Å². The molecule has 2 atom stereocenters. The maximum Gasteiger partial charge on any atom is 0.250 e. The average molecular weight is 515 g/mol. The van der Waals surface area contributed by atoms with Gasteiger partial charge in [-0.25, -0.2) is 18.2 Å². The van der Waals surface area contributed by atoms with Crippen molar-refractivity contribution >= 4 is 16.6 Å². The number of pyridine rings is 1. The van der Waals surface area contributed by atoms with E-state index in [1.54, 1.807) is 6.07 Å². The minimum atomic E-state index is -2.37. The van der Waals surface area contributed by atoms with Crippen molar-refractivity contribution in [3.63, 3.8) is 0 Å². The third kappa shape index (κ3) is 5.78. The highest BCUT2D eigenvalue weighted by Gasteiger charge is 2.37. The van der Waals surface area contributed by atoms with Gasteiger partial charge in [0.2, 0.25) is 0 Å². The molecule has 198 valence electrons. The Morgan fingerprint density at radius 1 is 1.08 bits per heavy atom. The molecule has 2 fully saturated rings. The van der Waals surface area contributed by atoms with Crippen LogP contribution in [0.1, 0.15) is 6.42 Å². The summed E-state index contributed by atoms with van der Waals surface area (Å²) in [5.74, 6) is 1.66. The van der Waals surface area contributed by atoms with Crippen LogP contribution in [0.25, 0.3) is 22.2 Å². The average Bonchev–Trinajstić information content (AvgIpc) is 3.31. The van der Waals surface area contributed by atoms with Gasteiger partial charge < -0.3 is 24.6 Å². The largest absolute Gasteiger partial charge is 0.494 e. The number of likely N-dealkylation sites (tertiary alicyclic amines) is 1. The Labute approximate surface area is 215 Å². The number of rotatable bonds is 9. The van der Waals surface area contributed by atoms with Crippen LogP contribution in [0.15, 0.2) is 42.5 Å². The fourth-order valence-corrected chi connectivity index (χ4v) is 5.50. The number of hydrogen-bond donors (Lipinski definition) is 1. The number of halogens is 3. The van der Waals surface area contributed by atoms with Crippen LogP contribution >= 0.6 is 0 Å². The van der Waals surface area contributed by atoms with E-state index < -0.39 is 12.2 Å². The number of aromatic nitrogens is 1. The molecule has 5 rings (SSSR count). The zero-order valence-electron chi connectivity index (χ0n) is 21.2. The highest BCUT2D eigenvalue weighted by molar-refractivity contribution is 5.95. The molecule has 2 saturated heterocycles. The van der Waals surface area contributed by atoms with Crippen LogP contribution in [-0.4, -0.2) is 76.3 Å². The number of nitrogens with one attached hydrogen (secondary N) is 1. The summed E-state index contributed by atoms with van der Waals surface area (Å²) in [5.41, 5.74) is 3.37. The first kappa shape index (κ1) is 25.6. The minimum Gasteiger partial charge on any atom is -0.494 e. The van der Waals surface area contributed by atoms with E-state index in [4.69, 9.17) is 14.5 Å². The smallest absolute Gasteiger partial charge is 0.250 e. The van der Waals surface area contributed by atoms with Gasteiger partial charge in [-0.05, 0) is 68.2 Å². The third-order valence-corrected chi connectivity index (χ3v) is 7.40. The monoisotopic (exact) mass is 514 g/mol.